The molecule has 0 radical (unpaired) electrons. The van der Waals surface area contributed by atoms with E-state index in [0.29, 0.717) is 13.0 Å². The van der Waals surface area contributed by atoms with Crippen LogP contribution in [0.3, 0.4) is 0 Å². The normalized spacial score (nSPS) is 13.9. The Kier molecular flexibility index (Phi) is 4.43. The lowest BCUT2D eigenvalue weighted by Crippen LogP contribution is -2.46. The van der Waals surface area contributed by atoms with Crippen molar-refractivity contribution in [1.29, 1.82) is 0 Å². The third kappa shape index (κ3) is 2.73. The molecule has 0 aliphatic carbocycles. The van der Waals surface area contributed by atoms with Crippen molar-refractivity contribution in [2.45, 2.75) is 12.1 Å². The van der Waals surface area contributed by atoms with Crippen LogP contribution in [-0.2, 0) is 5.72 Å². The van der Waals surface area contributed by atoms with Crippen molar-refractivity contribution >= 4 is 22.1 Å². The van der Waals surface area contributed by atoms with Gasteiger partial charge in [0.25, 0.3) is 0 Å². The molecule has 0 fully saturated rings. The summed E-state index contributed by atoms with van der Waals surface area (Å²) in [7, 11) is 1.92. The van der Waals surface area contributed by atoms with Crippen LogP contribution in [0.25, 0.3) is 10.8 Å². The highest BCUT2D eigenvalue weighted by atomic mass is 32.1. The van der Waals surface area contributed by atoms with Crippen molar-refractivity contribution in [2.75, 3.05) is 13.6 Å². The van der Waals surface area contributed by atoms with Crippen LogP contribution in [0.1, 0.15) is 11.3 Å². The quantitative estimate of drug-likeness (QED) is 0.682. The first-order valence-electron chi connectivity index (χ1n) is 7.39. The minimum Gasteiger partial charge on any atom is -0.467 e. The Hall–Kier alpha value is -1.88. The highest BCUT2D eigenvalue weighted by molar-refractivity contribution is 7.10. The van der Waals surface area contributed by atoms with E-state index in [0.717, 1.165) is 16.0 Å². The number of nitrogens with one attached hydrogen (secondary N) is 1. The fourth-order valence-electron chi connectivity index (χ4n) is 2.71. The molecule has 0 amide bonds. The van der Waals surface area contributed by atoms with Crippen molar-refractivity contribution in [3.05, 3.63) is 64.9 Å². The number of hydrogen-bond donors (Lipinski definition) is 2. The second kappa shape index (κ2) is 6.48. The van der Waals surface area contributed by atoms with Gasteiger partial charge in [-0.15, -0.1) is 11.3 Å². The van der Waals surface area contributed by atoms with Gasteiger partial charge < -0.3 is 10.5 Å². The van der Waals surface area contributed by atoms with Crippen LogP contribution in [0.5, 0.6) is 5.75 Å². The van der Waals surface area contributed by atoms with Gasteiger partial charge in [0.2, 0.25) is 0 Å². The zero-order valence-electron chi connectivity index (χ0n) is 12.6. The van der Waals surface area contributed by atoms with Gasteiger partial charge in [0.15, 0.2) is 5.72 Å². The maximum absolute atomic E-state index is 6.47. The Morgan fingerprint density at radius 2 is 1.91 bits per heavy atom. The Labute approximate surface area is 134 Å². The van der Waals surface area contributed by atoms with E-state index in [9.17, 15) is 0 Å². The molecule has 2 aromatic carbocycles. The molecule has 1 aromatic heterocycles. The van der Waals surface area contributed by atoms with Crippen LogP contribution >= 0.6 is 11.3 Å². The third-order valence-electron chi connectivity index (χ3n) is 3.85. The molecule has 114 valence electrons. The van der Waals surface area contributed by atoms with Gasteiger partial charge in [0.1, 0.15) is 5.75 Å². The fraction of sp³-hybridized carbons (Fsp3) is 0.222. The second-order valence-electron chi connectivity index (χ2n) is 5.17. The molecule has 1 unspecified atom stereocenters. The molecule has 22 heavy (non-hydrogen) atoms. The van der Waals surface area contributed by atoms with Gasteiger partial charge in [-0.25, -0.2) is 0 Å². The van der Waals surface area contributed by atoms with E-state index in [-0.39, 0.29) is 0 Å². The summed E-state index contributed by atoms with van der Waals surface area (Å²) in [5.74, 6) is 0.870. The van der Waals surface area contributed by atoms with Crippen LogP contribution in [0.2, 0.25) is 0 Å². The summed E-state index contributed by atoms with van der Waals surface area (Å²) in [5.41, 5.74) is 5.26. The first kappa shape index (κ1) is 15.0. The first-order valence-corrected chi connectivity index (χ1v) is 8.27. The van der Waals surface area contributed by atoms with Gasteiger partial charge in [-0.1, -0.05) is 42.5 Å². The van der Waals surface area contributed by atoms with Crippen LogP contribution in [0.15, 0.2) is 60.0 Å². The van der Waals surface area contributed by atoms with E-state index < -0.39 is 5.72 Å². The average Bonchev–Trinajstić information content (AvgIpc) is 3.10. The Morgan fingerprint density at radius 3 is 2.64 bits per heavy atom. The summed E-state index contributed by atoms with van der Waals surface area (Å²) in [6.45, 7) is 0.545. The van der Waals surface area contributed by atoms with Gasteiger partial charge in [-0.2, -0.15) is 0 Å². The zero-order valence-corrected chi connectivity index (χ0v) is 13.4. The van der Waals surface area contributed by atoms with Crippen LogP contribution in [0.4, 0.5) is 0 Å². The number of hydrogen-bond acceptors (Lipinski definition) is 4. The van der Waals surface area contributed by atoms with E-state index >= 15 is 0 Å². The number of thiophene rings is 1. The lowest BCUT2D eigenvalue weighted by Gasteiger charge is -2.33. The summed E-state index contributed by atoms with van der Waals surface area (Å²) < 4.78 is 6.47. The van der Waals surface area contributed by atoms with Crippen LogP contribution in [-0.4, -0.2) is 13.6 Å². The van der Waals surface area contributed by atoms with Crippen molar-refractivity contribution < 1.29 is 4.74 Å². The van der Waals surface area contributed by atoms with Crippen molar-refractivity contribution in [3.8, 4) is 5.75 Å². The summed E-state index contributed by atoms with van der Waals surface area (Å²) in [4.78, 5) is 1.13. The molecule has 1 atom stereocenters. The summed E-state index contributed by atoms with van der Waals surface area (Å²) in [5, 5.41) is 7.68. The minimum atomic E-state index is -0.590. The van der Waals surface area contributed by atoms with E-state index in [2.05, 4.69) is 35.0 Å². The number of nitrogens with two attached hydrogens (primary N) is 1. The predicted molar refractivity (Wildman–Crippen MR) is 93.3 cm³/mol. The standard InChI is InChI=1S/C18H20N2OS/c1-20-18(11-12-19,17-10-5-13-22-17)21-16-9-4-7-14-6-2-3-8-15(14)16/h2-10,13,20H,11-12,19H2,1H3. The molecule has 0 spiro atoms. The minimum absolute atomic E-state index is 0.545. The summed E-state index contributed by atoms with van der Waals surface area (Å²) in [6, 6.07) is 18.5. The average molecular weight is 312 g/mol. The largest absolute Gasteiger partial charge is 0.467 e. The SMILES string of the molecule is CNC(CCN)(Oc1cccc2ccccc12)c1cccs1. The number of ether oxygens (including phenoxy) is 1. The molecular weight excluding hydrogens is 292 g/mol. The molecule has 3 aromatic rings. The molecule has 0 aliphatic rings. The Balaban J connectivity index is 2.06. The summed E-state index contributed by atoms with van der Waals surface area (Å²) in [6.07, 6.45) is 0.702. The van der Waals surface area contributed by atoms with E-state index in [1.54, 1.807) is 11.3 Å². The molecule has 0 saturated heterocycles. The van der Waals surface area contributed by atoms with Crippen LogP contribution < -0.4 is 15.8 Å². The van der Waals surface area contributed by atoms with E-state index in [1.165, 1.54) is 5.39 Å². The molecule has 0 bridgehead atoms. The van der Waals surface area contributed by atoms with Gasteiger partial charge >= 0.3 is 0 Å². The molecule has 3 nitrogen and oxygen atoms in total. The molecule has 1 heterocycles. The van der Waals surface area contributed by atoms with Crippen molar-refractivity contribution in [3.63, 3.8) is 0 Å². The van der Waals surface area contributed by atoms with Gasteiger partial charge in [-0.05, 0) is 36.5 Å². The lowest BCUT2D eigenvalue weighted by atomic mass is 10.1. The molecule has 0 aliphatic heterocycles. The molecule has 3 N–H and O–H groups in total. The Morgan fingerprint density at radius 1 is 1.09 bits per heavy atom. The first-order chi connectivity index (χ1) is 10.8. The van der Waals surface area contributed by atoms with E-state index in [1.807, 2.05) is 37.4 Å². The maximum Gasteiger partial charge on any atom is 0.197 e. The third-order valence-corrected chi connectivity index (χ3v) is 4.87. The van der Waals surface area contributed by atoms with Gasteiger partial charge in [-0.3, -0.25) is 5.32 Å². The maximum atomic E-state index is 6.47. The van der Waals surface area contributed by atoms with E-state index in [4.69, 9.17) is 10.5 Å². The summed E-state index contributed by atoms with van der Waals surface area (Å²) >= 11 is 1.68. The monoisotopic (exact) mass is 312 g/mol. The fourth-order valence-corrected chi connectivity index (χ4v) is 3.60. The molecule has 0 saturated carbocycles. The molecule has 4 heteroatoms. The number of benzene rings is 2. The number of rotatable bonds is 6. The second-order valence-corrected chi connectivity index (χ2v) is 6.12. The van der Waals surface area contributed by atoms with Crippen LogP contribution in [0, 0.1) is 0 Å². The smallest absolute Gasteiger partial charge is 0.197 e. The van der Waals surface area contributed by atoms with Gasteiger partial charge in [0.05, 0.1) is 4.88 Å². The number of fused-ring (bicyclic) bond motifs is 1. The Bertz CT molecular complexity index is 736. The van der Waals surface area contributed by atoms with Crippen molar-refractivity contribution in [1.82, 2.24) is 5.32 Å². The lowest BCUT2D eigenvalue weighted by molar-refractivity contribution is 0.0355. The topological polar surface area (TPSA) is 47.3 Å². The van der Waals surface area contributed by atoms with Gasteiger partial charge in [0, 0.05) is 11.8 Å². The molecular formula is C18H20N2OS. The predicted octanol–water partition coefficient (Wildman–Crippen LogP) is 3.70. The highest BCUT2D eigenvalue weighted by Gasteiger charge is 2.33. The molecule has 3 rings (SSSR count). The highest BCUT2D eigenvalue weighted by Crippen LogP contribution is 2.35. The zero-order chi connectivity index (χ0) is 15.4. The van der Waals surface area contributed by atoms with Crippen molar-refractivity contribution in [2.24, 2.45) is 5.73 Å².